The van der Waals surface area contributed by atoms with Crippen LogP contribution in [0.25, 0.3) is 0 Å². The number of hydrogen-bond donors (Lipinski definition) is 1. The van der Waals surface area contributed by atoms with Crippen molar-refractivity contribution < 1.29 is 14.7 Å². The molecule has 0 aliphatic carbocycles. The number of aliphatic carboxylic acids is 1. The number of benzene rings is 1. The molecule has 7 heteroatoms. The summed E-state index contributed by atoms with van der Waals surface area (Å²) in [4.78, 5) is 24.6. The molecule has 0 radical (unpaired) electrons. The van der Waals surface area contributed by atoms with Crippen molar-refractivity contribution in [1.82, 2.24) is 10.2 Å². The van der Waals surface area contributed by atoms with E-state index in [-0.39, 0.29) is 23.8 Å². The molecule has 0 atom stereocenters. The van der Waals surface area contributed by atoms with E-state index in [0.29, 0.717) is 5.69 Å². The Labute approximate surface area is 126 Å². The second-order valence-electron chi connectivity index (χ2n) is 4.18. The fourth-order valence-corrected chi connectivity index (χ4v) is 1.83. The first-order valence-electron chi connectivity index (χ1n) is 6.16. The lowest BCUT2D eigenvalue weighted by Crippen LogP contribution is -2.33. The monoisotopic (exact) mass is 305 g/mol. The second-order valence-corrected chi connectivity index (χ2v) is 4.56. The van der Waals surface area contributed by atoms with Gasteiger partial charge in [-0.05, 0) is 24.3 Å². The largest absolute Gasteiger partial charge is 0.481 e. The average molecular weight is 306 g/mol. The van der Waals surface area contributed by atoms with Crippen LogP contribution in [0.5, 0.6) is 0 Å². The lowest BCUT2D eigenvalue weighted by atomic mass is 10.2. The van der Waals surface area contributed by atoms with Crippen molar-refractivity contribution in [3.63, 3.8) is 0 Å². The predicted molar refractivity (Wildman–Crippen MR) is 77.4 cm³/mol. The van der Waals surface area contributed by atoms with E-state index >= 15 is 0 Å². The van der Waals surface area contributed by atoms with Gasteiger partial charge in [-0.2, -0.15) is 0 Å². The number of hydrogen-bond acceptors (Lipinski definition) is 4. The Morgan fingerprint density at radius 1 is 1.10 bits per heavy atom. The van der Waals surface area contributed by atoms with Crippen LogP contribution in [0.1, 0.15) is 16.9 Å². The molecule has 0 aliphatic heterocycles. The van der Waals surface area contributed by atoms with E-state index in [9.17, 15) is 9.59 Å². The Kier molecular flexibility index (Phi) is 4.84. The highest BCUT2D eigenvalue weighted by atomic mass is 35.5. The number of carboxylic acid groups (broad SMARTS) is 1. The first-order valence-corrected chi connectivity index (χ1v) is 6.53. The van der Waals surface area contributed by atoms with Crippen LogP contribution in [0.15, 0.2) is 42.5 Å². The molecule has 0 unspecified atom stereocenters. The highest BCUT2D eigenvalue weighted by molar-refractivity contribution is 6.29. The smallest absolute Gasteiger partial charge is 0.305 e. The van der Waals surface area contributed by atoms with E-state index in [1.807, 2.05) is 6.07 Å². The van der Waals surface area contributed by atoms with Gasteiger partial charge < -0.3 is 10.0 Å². The molecule has 0 saturated carbocycles. The summed E-state index contributed by atoms with van der Waals surface area (Å²) in [7, 11) is 0. The zero-order valence-corrected chi connectivity index (χ0v) is 11.7. The lowest BCUT2D eigenvalue weighted by Gasteiger charge is -2.21. The third-order valence-electron chi connectivity index (χ3n) is 2.71. The van der Waals surface area contributed by atoms with Gasteiger partial charge in [-0.3, -0.25) is 9.59 Å². The number of carbonyl (C=O) groups is 2. The third kappa shape index (κ3) is 4.00. The molecule has 21 heavy (non-hydrogen) atoms. The van der Waals surface area contributed by atoms with Gasteiger partial charge >= 0.3 is 5.97 Å². The van der Waals surface area contributed by atoms with Crippen molar-refractivity contribution in [2.45, 2.75) is 6.42 Å². The summed E-state index contributed by atoms with van der Waals surface area (Å²) in [6.07, 6.45) is -0.165. The van der Waals surface area contributed by atoms with E-state index in [1.54, 1.807) is 24.3 Å². The molecule has 1 heterocycles. The minimum atomic E-state index is -0.981. The van der Waals surface area contributed by atoms with Crippen molar-refractivity contribution >= 4 is 29.2 Å². The Balaban J connectivity index is 2.28. The summed E-state index contributed by atoms with van der Waals surface area (Å²) in [5.41, 5.74) is 0.703. The Hall–Kier alpha value is -2.47. The number of amides is 1. The summed E-state index contributed by atoms with van der Waals surface area (Å²) < 4.78 is 0. The standard InChI is InChI=1S/C14H12ClN3O3/c15-12-7-6-11(16-17-12)14(21)18(9-8-13(19)20)10-4-2-1-3-5-10/h1-7H,8-9H2,(H,19,20). The molecule has 1 N–H and O–H groups in total. The van der Waals surface area contributed by atoms with Gasteiger partial charge in [0.2, 0.25) is 0 Å². The zero-order valence-electron chi connectivity index (χ0n) is 10.9. The molecular formula is C14H12ClN3O3. The molecule has 0 bridgehead atoms. The molecule has 0 saturated heterocycles. The van der Waals surface area contributed by atoms with Gasteiger partial charge in [-0.15, -0.1) is 10.2 Å². The van der Waals surface area contributed by atoms with Crippen LogP contribution in [0, 0.1) is 0 Å². The van der Waals surface area contributed by atoms with Crippen LogP contribution >= 0.6 is 11.6 Å². The normalized spacial score (nSPS) is 10.1. The van der Waals surface area contributed by atoms with Crippen LogP contribution in [-0.4, -0.2) is 33.7 Å². The highest BCUT2D eigenvalue weighted by Gasteiger charge is 2.20. The molecule has 1 amide bonds. The van der Waals surface area contributed by atoms with Crippen molar-refractivity contribution in [1.29, 1.82) is 0 Å². The molecule has 6 nitrogen and oxygen atoms in total. The average Bonchev–Trinajstić information content (AvgIpc) is 2.49. The van der Waals surface area contributed by atoms with Crippen molar-refractivity contribution in [3.05, 3.63) is 53.3 Å². The van der Waals surface area contributed by atoms with E-state index in [1.165, 1.54) is 17.0 Å². The number of aromatic nitrogens is 2. The van der Waals surface area contributed by atoms with Crippen molar-refractivity contribution in [2.24, 2.45) is 0 Å². The molecule has 0 spiro atoms. The maximum absolute atomic E-state index is 12.5. The second kappa shape index (κ2) is 6.81. The van der Waals surface area contributed by atoms with E-state index in [4.69, 9.17) is 16.7 Å². The lowest BCUT2D eigenvalue weighted by molar-refractivity contribution is -0.136. The molecule has 0 aliphatic rings. The van der Waals surface area contributed by atoms with Crippen LogP contribution in [-0.2, 0) is 4.79 Å². The molecule has 2 aromatic rings. The number of nitrogens with zero attached hydrogens (tertiary/aromatic N) is 3. The Morgan fingerprint density at radius 3 is 2.38 bits per heavy atom. The SMILES string of the molecule is O=C(O)CCN(C(=O)c1ccc(Cl)nn1)c1ccccc1. The van der Waals surface area contributed by atoms with Gasteiger partial charge in [0, 0.05) is 12.2 Å². The third-order valence-corrected chi connectivity index (χ3v) is 2.91. The van der Waals surface area contributed by atoms with E-state index in [0.717, 1.165) is 0 Å². The van der Waals surface area contributed by atoms with Crippen LogP contribution in [0.3, 0.4) is 0 Å². The minimum absolute atomic E-state index is 0.0441. The molecule has 2 rings (SSSR count). The first-order chi connectivity index (χ1) is 10.1. The van der Waals surface area contributed by atoms with Crippen LogP contribution < -0.4 is 4.90 Å². The zero-order chi connectivity index (χ0) is 15.2. The fourth-order valence-electron chi connectivity index (χ4n) is 1.73. The first kappa shape index (κ1) is 14.9. The number of carbonyl (C=O) groups excluding carboxylic acids is 1. The number of para-hydroxylation sites is 1. The maximum Gasteiger partial charge on any atom is 0.305 e. The van der Waals surface area contributed by atoms with E-state index < -0.39 is 11.9 Å². The number of anilines is 1. The van der Waals surface area contributed by atoms with Gasteiger partial charge in [-0.1, -0.05) is 29.8 Å². The van der Waals surface area contributed by atoms with Gasteiger partial charge in [0.1, 0.15) is 0 Å². The Bertz CT molecular complexity index is 632. The van der Waals surface area contributed by atoms with Gasteiger partial charge in [0.05, 0.1) is 6.42 Å². The molecule has 0 fully saturated rings. The molecule has 1 aromatic carbocycles. The summed E-state index contributed by atoms with van der Waals surface area (Å²) in [6, 6.07) is 11.7. The van der Waals surface area contributed by atoms with Gasteiger partial charge in [-0.25, -0.2) is 0 Å². The predicted octanol–water partition coefficient (Wildman–Crippen LogP) is 2.25. The summed E-state index contributed by atoms with van der Waals surface area (Å²) in [5, 5.41) is 16.4. The van der Waals surface area contributed by atoms with Crippen LogP contribution in [0.4, 0.5) is 5.69 Å². The van der Waals surface area contributed by atoms with Crippen molar-refractivity contribution in [2.75, 3.05) is 11.4 Å². The fraction of sp³-hybridized carbons (Fsp3) is 0.143. The summed E-state index contributed by atoms with van der Waals surface area (Å²) in [5.74, 6) is -1.41. The molecular weight excluding hydrogens is 294 g/mol. The maximum atomic E-state index is 12.5. The van der Waals surface area contributed by atoms with Crippen molar-refractivity contribution in [3.8, 4) is 0 Å². The molecule has 108 valence electrons. The quantitative estimate of drug-likeness (QED) is 0.916. The topological polar surface area (TPSA) is 83.4 Å². The van der Waals surface area contributed by atoms with Gasteiger partial charge in [0.25, 0.3) is 5.91 Å². The molecule has 1 aromatic heterocycles. The number of carboxylic acids is 1. The highest BCUT2D eigenvalue weighted by Crippen LogP contribution is 2.16. The number of halogens is 1. The summed E-state index contributed by atoms with van der Waals surface area (Å²) in [6.45, 7) is 0.0441. The summed E-state index contributed by atoms with van der Waals surface area (Å²) >= 11 is 5.64. The van der Waals surface area contributed by atoms with Crippen LogP contribution in [0.2, 0.25) is 5.15 Å². The number of rotatable bonds is 5. The van der Waals surface area contributed by atoms with Gasteiger partial charge in [0.15, 0.2) is 10.8 Å². The Morgan fingerprint density at radius 2 is 1.81 bits per heavy atom. The van der Waals surface area contributed by atoms with E-state index in [2.05, 4.69) is 10.2 Å². The minimum Gasteiger partial charge on any atom is -0.481 e.